The molecule has 0 aliphatic carbocycles. The fourth-order valence-electron chi connectivity index (χ4n) is 0.835. The minimum atomic E-state index is -0.340. The van der Waals surface area contributed by atoms with Crippen molar-refractivity contribution in [1.82, 2.24) is 0 Å². The van der Waals surface area contributed by atoms with E-state index in [1.54, 1.807) is 13.0 Å². The fourth-order valence-corrected chi connectivity index (χ4v) is 0.835. The van der Waals surface area contributed by atoms with E-state index in [0.29, 0.717) is 20.0 Å². The third-order valence-electron chi connectivity index (χ3n) is 1.38. The average Bonchev–Trinajstić information content (AvgIpc) is 2.53. The molecule has 1 heterocycles. The van der Waals surface area contributed by atoms with E-state index in [1.165, 1.54) is 6.08 Å². The number of carbonyl (C=O) groups is 1. The van der Waals surface area contributed by atoms with Crippen LogP contribution in [0.25, 0.3) is 0 Å². The van der Waals surface area contributed by atoms with Crippen LogP contribution in [0.4, 0.5) is 0 Å². The van der Waals surface area contributed by atoms with Gasteiger partial charge in [0.15, 0.2) is 0 Å². The van der Waals surface area contributed by atoms with Crippen LogP contribution in [0.15, 0.2) is 12.2 Å². The van der Waals surface area contributed by atoms with Gasteiger partial charge >= 0.3 is 5.97 Å². The van der Waals surface area contributed by atoms with Crippen molar-refractivity contribution in [2.45, 2.75) is 13.0 Å². The van der Waals surface area contributed by atoms with Crippen LogP contribution >= 0.6 is 0 Å². The van der Waals surface area contributed by atoms with Gasteiger partial charge in [0.2, 0.25) is 0 Å². The summed E-state index contributed by atoms with van der Waals surface area (Å²) in [7, 11) is 0. The normalized spacial score (nSPS) is 23.2. The zero-order valence-corrected chi connectivity index (χ0v) is 6.99. The van der Waals surface area contributed by atoms with Crippen LogP contribution in [0.2, 0.25) is 0 Å². The van der Waals surface area contributed by atoms with E-state index >= 15 is 0 Å². The summed E-state index contributed by atoms with van der Waals surface area (Å²) in [5.41, 5.74) is 0. The molecule has 0 aromatic carbocycles. The number of esters is 1. The molecule has 1 saturated heterocycles. The van der Waals surface area contributed by atoms with Gasteiger partial charge in [-0.15, -0.1) is 0 Å². The van der Waals surface area contributed by atoms with Crippen LogP contribution < -0.4 is 0 Å². The number of hydrogen-bond acceptors (Lipinski definition) is 4. The number of hydrogen-bond donors (Lipinski definition) is 0. The molecule has 1 atom stereocenters. The zero-order chi connectivity index (χ0) is 8.81. The maximum absolute atomic E-state index is 10.8. The minimum absolute atomic E-state index is 0.102. The molecule has 1 aliphatic heterocycles. The Bertz CT molecular complexity index is 170. The Morgan fingerprint density at radius 1 is 1.75 bits per heavy atom. The smallest absolute Gasteiger partial charge is 0.330 e. The third kappa shape index (κ3) is 3.02. The highest BCUT2D eigenvalue weighted by molar-refractivity contribution is 5.81. The van der Waals surface area contributed by atoms with E-state index in [2.05, 4.69) is 4.74 Å². The number of carbonyl (C=O) groups excluding carboxylic acids is 1. The molecule has 1 fully saturated rings. The standard InChI is InChI=1S/C8H12O4/c1-2-11-8(9)4-3-7-5-10-6-12-7/h3-4,7H,2,5-6H2,1H3/b4-3+/t7-/m0/s1. The molecular weight excluding hydrogens is 160 g/mol. The highest BCUT2D eigenvalue weighted by atomic mass is 16.7. The van der Waals surface area contributed by atoms with Crippen molar-refractivity contribution in [3.05, 3.63) is 12.2 Å². The van der Waals surface area contributed by atoms with E-state index in [1.807, 2.05) is 0 Å². The molecular formula is C8H12O4. The first-order chi connectivity index (χ1) is 5.83. The average molecular weight is 172 g/mol. The summed E-state index contributed by atoms with van der Waals surface area (Å²) in [4.78, 5) is 10.8. The third-order valence-corrected chi connectivity index (χ3v) is 1.38. The summed E-state index contributed by atoms with van der Waals surface area (Å²) in [6, 6.07) is 0. The largest absolute Gasteiger partial charge is 0.463 e. The van der Waals surface area contributed by atoms with Gasteiger partial charge in [-0.1, -0.05) is 0 Å². The predicted molar refractivity (Wildman–Crippen MR) is 41.5 cm³/mol. The Morgan fingerprint density at radius 3 is 3.17 bits per heavy atom. The second kappa shape index (κ2) is 4.90. The van der Waals surface area contributed by atoms with Crippen molar-refractivity contribution >= 4 is 5.97 Å². The lowest BCUT2D eigenvalue weighted by molar-refractivity contribution is -0.137. The maximum atomic E-state index is 10.8. The molecule has 0 bridgehead atoms. The Balaban J connectivity index is 2.23. The molecule has 0 saturated carbocycles. The Labute approximate surface area is 71.1 Å². The lowest BCUT2D eigenvalue weighted by atomic mass is 10.3. The molecule has 12 heavy (non-hydrogen) atoms. The molecule has 1 aliphatic rings. The van der Waals surface area contributed by atoms with Crippen LogP contribution in [-0.2, 0) is 19.0 Å². The van der Waals surface area contributed by atoms with E-state index < -0.39 is 0 Å². The first-order valence-electron chi connectivity index (χ1n) is 3.87. The van der Waals surface area contributed by atoms with Gasteiger partial charge in [0.05, 0.1) is 13.2 Å². The van der Waals surface area contributed by atoms with Gasteiger partial charge in [-0.25, -0.2) is 4.79 Å². The molecule has 0 aromatic heterocycles. The zero-order valence-electron chi connectivity index (χ0n) is 6.99. The molecule has 0 spiro atoms. The van der Waals surface area contributed by atoms with E-state index in [4.69, 9.17) is 9.47 Å². The lowest BCUT2D eigenvalue weighted by Crippen LogP contribution is -2.07. The van der Waals surface area contributed by atoms with Crippen LogP contribution in [0.1, 0.15) is 6.92 Å². The molecule has 4 heteroatoms. The van der Waals surface area contributed by atoms with Crippen LogP contribution in [0.3, 0.4) is 0 Å². The van der Waals surface area contributed by atoms with Crippen LogP contribution in [0, 0.1) is 0 Å². The molecule has 4 nitrogen and oxygen atoms in total. The highest BCUT2D eigenvalue weighted by Crippen LogP contribution is 2.03. The quantitative estimate of drug-likeness (QED) is 0.458. The maximum Gasteiger partial charge on any atom is 0.330 e. The van der Waals surface area contributed by atoms with Gasteiger partial charge in [-0.3, -0.25) is 0 Å². The summed E-state index contributed by atoms with van der Waals surface area (Å²) in [6.45, 7) is 2.97. The first-order valence-corrected chi connectivity index (χ1v) is 3.87. The summed E-state index contributed by atoms with van der Waals surface area (Å²) in [5.74, 6) is -0.340. The van der Waals surface area contributed by atoms with Crippen molar-refractivity contribution in [2.75, 3.05) is 20.0 Å². The number of rotatable bonds is 3. The van der Waals surface area contributed by atoms with Gasteiger partial charge in [-0.2, -0.15) is 0 Å². The molecule has 68 valence electrons. The minimum Gasteiger partial charge on any atom is -0.463 e. The van der Waals surface area contributed by atoms with E-state index in [0.717, 1.165) is 0 Å². The van der Waals surface area contributed by atoms with Gasteiger partial charge in [-0.05, 0) is 13.0 Å². The lowest BCUT2D eigenvalue weighted by Gasteiger charge is -1.98. The number of ether oxygens (including phenoxy) is 3. The topological polar surface area (TPSA) is 44.8 Å². The van der Waals surface area contributed by atoms with Gasteiger partial charge in [0.1, 0.15) is 12.9 Å². The Hall–Kier alpha value is -0.870. The van der Waals surface area contributed by atoms with Gasteiger partial charge < -0.3 is 14.2 Å². The Kier molecular flexibility index (Phi) is 3.76. The van der Waals surface area contributed by atoms with Crippen LogP contribution in [-0.4, -0.2) is 32.1 Å². The SMILES string of the molecule is CCOC(=O)/C=C/[C@H]1COCO1. The predicted octanol–water partition coefficient (Wildman–Crippen LogP) is 0.479. The second-order valence-corrected chi connectivity index (χ2v) is 2.30. The fraction of sp³-hybridized carbons (Fsp3) is 0.625. The van der Waals surface area contributed by atoms with E-state index in [9.17, 15) is 4.79 Å². The van der Waals surface area contributed by atoms with Crippen molar-refractivity contribution in [3.8, 4) is 0 Å². The van der Waals surface area contributed by atoms with Crippen molar-refractivity contribution in [3.63, 3.8) is 0 Å². The van der Waals surface area contributed by atoms with Crippen molar-refractivity contribution < 1.29 is 19.0 Å². The second-order valence-electron chi connectivity index (χ2n) is 2.30. The van der Waals surface area contributed by atoms with E-state index in [-0.39, 0.29) is 12.1 Å². The summed E-state index contributed by atoms with van der Waals surface area (Å²) < 4.78 is 14.7. The molecule has 0 radical (unpaired) electrons. The molecule has 0 N–H and O–H groups in total. The molecule has 0 aromatic rings. The summed E-state index contributed by atoms with van der Waals surface area (Å²) >= 11 is 0. The Morgan fingerprint density at radius 2 is 2.58 bits per heavy atom. The van der Waals surface area contributed by atoms with Gasteiger partial charge in [0, 0.05) is 6.08 Å². The summed E-state index contributed by atoms with van der Waals surface area (Å²) in [5, 5.41) is 0. The van der Waals surface area contributed by atoms with Gasteiger partial charge in [0.25, 0.3) is 0 Å². The first kappa shape index (κ1) is 9.22. The van der Waals surface area contributed by atoms with Crippen LogP contribution in [0.5, 0.6) is 0 Å². The molecule has 0 unspecified atom stereocenters. The molecule has 1 rings (SSSR count). The summed E-state index contributed by atoms with van der Waals surface area (Å²) in [6.07, 6.45) is 2.91. The highest BCUT2D eigenvalue weighted by Gasteiger charge is 2.12. The molecule has 0 amide bonds. The van der Waals surface area contributed by atoms with Crippen molar-refractivity contribution in [1.29, 1.82) is 0 Å². The van der Waals surface area contributed by atoms with Crippen molar-refractivity contribution in [2.24, 2.45) is 0 Å². The monoisotopic (exact) mass is 172 g/mol.